The predicted molar refractivity (Wildman–Crippen MR) is 48.8 cm³/mol. The molecule has 0 aromatic heterocycles. The van der Waals surface area contributed by atoms with Gasteiger partial charge < -0.3 is 0 Å². The first-order valence-electron chi connectivity index (χ1n) is 3.39. The molecule has 0 aliphatic heterocycles. The van der Waals surface area contributed by atoms with Crippen LogP contribution in [0.3, 0.4) is 0 Å². The Kier molecular flexibility index (Phi) is 2.78. The molecular weight excluding hydrogens is 201 g/mol. The third kappa shape index (κ3) is 2.13. The van der Waals surface area contributed by atoms with E-state index in [2.05, 4.69) is 44.3 Å². The number of hydrogen-bond donors (Lipinski definition) is 0. The van der Waals surface area contributed by atoms with Crippen molar-refractivity contribution in [3.8, 4) is 0 Å². The van der Waals surface area contributed by atoms with Gasteiger partial charge in [0.05, 0.1) is 0 Å². The van der Waals surface area contributed by atoms with Gasteiger partial charge >= 0.3 is 74.1 Å². The van der Waals surface area contributed by atoms with Gasteiger partial charge in [0.2, 0.25) is 0 Å². The van der Waals surface area contributed by atoms with Crippen molar-refractivity contribution in [2.24, 2.45) is 4.99 Å². The molecule has 0 aliphatic rings. The van der Waals surface area contributed by atoms with Gasteiger partial charge in [-0.15, -0.1) is 0 Å². The number of aryl methyl sites for hydroxylation is 2. The molecule has 1 nitrogen and oxygen atoms in total. The first-order valence-corrected chi connectivity index (χ1v) is 4.25. The average molecular weight is 210 g/mol. The molecule has 0 aliphatic carbocycles. The Balaban J connectivity index is 3.22. The van der Waals surface area contributed by atoms with E-state index >= 15 is 0 Å². The van der Waals surface area contributed by atoms with E-state index in [1.165, 1.54) is 11.1 Å². The van der Waals surface area contributed by atoms with Crippen LogP contribution in [0.15, 0.2) is 23.2 Å². The summed E-state index contributed by atoms with van der Waals surface area (Å²) in [5.41, 5.74) is 3.40. The van der Waals surface area contributed by atoms with Crippen LogP contribution in [0.25, 0.3) is 0 Å². The minimum absolute atomic E-state index is 0.990. The van der Waals surface area contributed by atoms with E-state index in [0.29, 0.717) is 0 Å². The Morgan fingerprint density at radius 2 is 2.09 bits per heavy atom. The Morgan fingerprint density at radius 3 is 2.73 bits per heavy atom. The Labute approximate surface area is 74.5 Å². The van der Waals surface area contributed by atoms with E-state index in [-0.39, 0.29) is 0 Å². The SMILES string of the molecule is Cc1ccc(C)c(N=C=[Se])c1. The van der Waals surface area contributed by atoms with Gasteiger partial charge in [0.25, 0.3) is 0 Å². The standard InChI is InChI=1S/C9H9NSe/c1-7-3-4-8(2)9(5-7)10-6-11/h3-5H,1-2H3. The van der Waals surface area contributed by atoms with Crippen LogP contribution in [0.1, 0.15) is 11.1 Å². The molecule has 0 unspecified atom stereocenters. The van der Waals surface area contributed by atoms with Crippen molar-refractivity contribution >= 4 is 26.0 Å². The van der Waals surface area contributed by atoms with Gasteiger partial charge in [-0.05, 0) is 0 Å². The van der Waals surface area contributed by atoms with Gasteiger partial charge in [-0.2, -0.15) is 0 Å². The Morgan fingerprint density at radius 1 is 1.36 bits per heavy atom. The van der Waals surface area contributed by atoms with Crippen molar-refractivity contribution in [3.05, 3.63) is 29.3 Å². The van der Waals surface area contributed by atoms with Gasteiger partial charge in [0.1, 0.15) is 0 Å². The topological polar surface area (TPSA) is 12.4 Å². The fourth-order valence-electron chi connectivity index (χ4n) is 0.889. The summed E-state index contributed by atoms with van der Waals surface area (Å²) in [7, 11) is 0. The van der Waals surface area contributed by atoms with Crippen molar-refractivity contribution in [3.63, 3.8) is 0 Å². The molecular formula is C9H9NSe. The normalized spacial score (nSPS) is 8.91. The molecule has 0 spiro atoms. The van der Waals surface area contributed by atoms with Gasteiger partial charge in [0.15, 0.2) is 0 Å². The molecule has 0 N–H and O–H groups in total. The Hall–Kier alpha value is -0.681. The molecule has 1 rings (SSSR count). The summed E-state index contributed by atoms with van der Waals surface area (Å²) in [5, 5.41) is 0. The fourth-order valence-corrected chi connectivity index (χ4v) is 1.10. The van der Waals surface area contributed by atoms with Gasteiger partial charge in [-0.1, -0.05) is 0 Å². The number of nitrogens with zero attached hydrogens (tertiary/aromatic N) is 1. The van der Waals surface area contributed by atoms with E-state index in [0.717, 1.165) is 5.69 Å². The van der Waals surface area contributed by atoms with Gasteiger partial charge in [0, 0.05) is 0 Å². The molecule has 1 aromatic rings. The van der Waals surface area contributed by atoms with Crippen LogP contribution in [0.5, 0.6) is 0 Å². The molecule has 0 saturated carbocycles. The molecule has 11 heavy (non-hydrogen) atoms. The van der Waals surface area contributed by atoms with E-state index < -0.39 is 0 Å². The van der Waals surface area contributed by atoms with Crippen molar-refractivity contribution in [2.75, 3.05) is 0 Å². The summed E-state index contributed by atoms with van der Waals surface area (Å²) >= 11 is 2.62. The molecule has 0 amide bonds. The molecule has 0 bridgehead atoms. The van der Waals surface area contributed by atoms with Crippen molar-refractivity contribution < 1.29 is 0 Å². The van der Waals surface area contributed by atoms with E-state index in [9.17, 15) is 0 Å². The third-order valence-electron chi connectivity index (χ3n) is 1.53. The maximum atomic E-state index is 4.06. The van der Waals surface area contributed by atoms with Crippen LogP contribution >= 0.6 is 0 Å². The summed E-state index contributed by atoms with van der Waals surface area (Å²) < 4.78 is 2.65. The molecule has 1 aromatic carbocycles. The second kappa shape index (κ2) is 3.64. The molecule has 0 saturated heterocycles. The van der Waals surface area contributed by atoms with Crippen molar-refractivity contribution in [1.82, 2.24) is 0 Å². The van der Waals surface area contributed by atoms with Crippen LogP contribution in [-0.2, 0) is 0 Å². The average Bonchev–Trinajstić information content (AvgIpc) is 1.98. The van der Waals surface area contributed by atoms with Crippen molar-refractivity contribution in [2.45, 2.75) is 13.8 Å². The third-order valence-corrected chi connectivity index (χ3v) is 1.72. The zero-order chi connectivity index (χ0) is 8.27. The number of aliphatic imine (C=N–C) groups is 1. The summed E-state index contributed by atoms with van der Waals surface area (Å²) in [6.07, 6.45) is 0. The summed E-state index contributed by atoms with van der Waals surface area (Å²) in [5.74, 6) is 0. The van der Waals surface area contributed by atoms with Crippen LogP contribution in [0.2, 0.25) is 0 Å². The first-order chi connectivity index (χ1) is 5.24. The second-order valence-electron chi connectivity index (χ2n) is 2.49. The molecule has 0 atom stereocenters. The maximum absolute atomic E-state index is 4.06. The van der Waals surface area contributed by atoms with Crippen LogP contribution in [0, 0.1) is 13.8 Å². The molecule has 0 radical (unpaired) electrons. The monoisotopic (exact) mass is 211 g/mol. The minimum atomic E-state index is 0.990. The zero-order valence-corrected chi connectivity index (χ0v) is 8.30. The molecule has 56 valence electrons. The van der Waals surface area contributed by atoms with Gasteiger partial charge in [-0.25, -0.2) is 0 Å². The van der Waals surface area contributed by atoms with Gasteiger partial charge in [-0.3, -0.25) is 0 Å². The zero-order valence-electron chi connectivity index (χ0n) is 6.59. The fraction of sp³-hybridized carbons (Fsp3) is 0.222. The predicted octanol–water partition coefficient (Wildman–Crippen LogP) is 2.01. The summed E-state index contributed by atoms with van der Waals surface area (Å²) in [6.45, 7) is 4.09. The number of benzene rings is 1. The van der Waals surface area contributed by atoms with E-state index in [1.807, 2.05) is 13.0 Å². The molecule has 2 heteroatoms. The number of hydrogen-bond acceptors (Lipinski definition) is 1. The van der Waals surface area contributed by atoms with E-state index in [4.69, 9.17) is 0 Å². The first kappa shape index (κ1) is 8.42. The molecule has 0 heterocycles. The van der Waals surface area contributed by atoms with E-state index in [1.54, 1.807) is 0 Å². The Bertz CT molecular complexity index is 311. The van der Waals surface area contributed by atoms with Crippen molar-refractivity contribution in [1.29, 1.82) is 0 Å². The molecule has 0 fully saturated rings. The quantitative estimate of drug-likeness (QED) is 0.496. The van der Waals surface area contributed by atoms with Crippen LogP contribution in [-0.4, -0.2) is 20.3 Å². The van der Waals surface area contributed by atoms with Crippen LogP contribution < -0.4 is 0 Å². The van der Waals surface area contributed by atoms with Crippen LogP contribution in [0.4, 0.5) is 5.69 Å². The summed E-state index contributed by atoms with van der Waals surface area (Å²) in [4.78, 5) is 4.06. The second-order valence-corrected chi connectivity index (χ2v) is 2.88. The number of rotatable bonds is 1. The summed E-state index contributed by atoms with van der Waals surface area (Å²) in [6, 6.07) is 6.18.